The number of phenolic OH excluding ortho intramolecular Hbond substituents is 1. The molecule has 3 aliphatic heterocycles. The van der Waals surface area contributed by atoms with Crippen LogP contribution < -0.4 is 43.0 Å². The largest absolute Gasteiger partial charge is 0.507 e. The van der Waals surface area contributed by atoms with Gasteiger partial charge in [-0.05, 0) is 23.6 Å². The number of aliphatic hydroxyl groups is 3. The number of phenols is 1. The maximum Gasteiger partial charge on any atom is 0.246 e. The smallest absolute Gasteiger partial charge is 0.246 e. The van der Waals surface area contributed by atoms with Crippen LogP contribution in [-0.4, -0.2) is 164 Å². The van der Waals surface area contributed by atoms with Gasteiger partial charge in [-0.15, -0.1) is 11.8 Å². The second-order valence-electron chi connectivity index (χ2n) is 15.9. The summed E-state index contributed by atoms with van der Waals surface area (Å²) in [6.07, 6.45) is -4.12. The van der Waals surface area contributed by atoms with E-state index < -0.39 is 153 Å². The fourth-order valence-electron chi connectivity index (χ4n) is 7.61. The topological polar surface area (TPSA) is 364 Å². The van der Waals surface area contributed by atoms with Crippen molar-refractivity contribution in [1.29, 1.82) is 0 Å². The molecule has 2 bridgehead atoms. The van der Waals surface area contributed by atoms with Crippen LogP contribution >= 0.6 is 11.8 Å². The summed E-state index contributed by atoms with van der Waals surface area (Å²) in [7, 11) is 0. The van der Waals surface area contributed by atoms with Crippen molar-refractivity contribution in [3.8, 4) is 5.75 Å². The van der Waals surface area contributed by atoms with E-state index in [2.05, 4.69) is 42.2 Å². The number of amides is 9. The molecule has 0 spiro atoms. The average molecular weight is 903 g/mol. The van der Waals surface area contributed by atoms with E-state index in [0.29, 0.717) is 11.9 Å². The van der Waals surface area contributed by atoms with Gasteiger partial charge < -0.3 is 73.3 Å². The van der Waals surface area contributed by atoms with Gasteiger partial charge in [-0.1, -0.05) is 33.3 Å². The minimum absolute atomic E-state index is 0.193. The Hall–Kier alpha value is -5.98. The van der Waals surface area contributed by atoms with Gasteiger partial charge in [-0.25, -0.2) is 0 Å². The number of aliphatic hydroxyl groups excluding tert-OH is 3. The number of H-pyrrole nitrogens is 1. The number of hydrogen-bond acceptors (Lipinski definition) is 14. The Kier molecular flexibility index (Phi) is 16.0. The average Bonchev–Trinajstić information content (AvgIpc) is 3.82. The van der Waals surface area contributed by atoms with Crippen molar-refractivity contribution in [1.82, 2.24) is 47.1 Å². The van der Waals surface area contributed by atoms with E-state index in [1.165, 1.54) is 19.1 Å². The molecule has 1 aromatic heterocycles. The van der Waals surface area contributed by atoms with Gasteiger partial charge in [0, 0.05) is 36.4 Å². The van der Waals surface area contributed by atoms with Gasteiger partial charge in [-0.2, -0.15) is 0 Å². The third-order valence-corrected chi connectivity index (χ3v) is 12.5. The molecule has 0 radical (unpaired) electrons. The third kappa shape index (κ3) is 11.5. The summed E-state index contributed by atoms with van der Waals surface area (Å²) < 4.78 is 0. The van der Waals surface area contributed by atoms with E-state index in [-0.39, 0.29) is 33.9 Å². The Labute approximate surface area is 364 Å². The van der Waals surface area contributed by atoms with Gasteiger partial charge in [-0.3, -0.25) is 43.2 Å². The summed E-state index contributed by atoms with van der Waals surface area (Å²) in [5.41, 5.74) is 6.06. The molecule has 9 amide bonds. The predicted molar refractivity (Wildman–Crippen MR) is 222 cm³/mol. The second-order valence-corrected chi connectivity index (χ2v) is 16.9. The highest BCUT2D eigenvalue weighted by Gasteiger charge is 2.45. The summed E-state index contributed by atoms with van der Waals surface area (Å²) in [4.78, 5) is 128. The summed E-state index contributed by atoms with van der Waals surface area (Å²) >= 11 is 0.923. The molecular weight excluding hydrogens is 849 g/mol. The fraction of sp³-hybridized carbons (Fsp3) is 0.564. The molecule has 23 nitrogen and oxygen atoms in total. The molecular formula is C39H54N10O13S. The number of carbonyl (C=O) groups excluding carboxylic acids is 9. The maximum atomic E-state index is 14.4. The fourth-order valence-corrected chi connectivity index (χ4v) is 8.72. The van der Waals surface area contributed by atoms with Gasteiger partial charge in [0.05, 0.1) is 48.9 Å². The first-order valence-electron chi connectivity index (χ1n) is 20.4. The Morgan fingerprint density at radius 1 is 0.873 bits per heavy atom. The number of nitrogens with one attached hydrogen (secondary N) is 8. The van der Waals surface area contributed by atoms with Crippen molar-refractivity contribution in [3.63, 3.8) is 0 Å². The normalized spacial score (nSPS) is 27.6. The first-order valence-corrected chi connectivity index (χ1v) is 21.4. The molecule has 10 atom stereocenters. The Morgan fingerprint density at radius 2 is 1.56 bits per heavy atom. The van der Waals surface area contributed by atoms with Gasteiger partial charge in [0.2, 0.25) is 53.2 Å². The Morgan fingerprint density at radius 3 is 2.22 bits per heavy atom. The predicted octanol–water partition coefficient (Wildman–Crippen LogP) is -4.94. The van der Waals surface area contributed by atoms with Crippen LogP contribution in [0, 0.1) is 11.8 Å². The van der Waals surface area contributed by atoms with Crippen LogP contribution in [0.2, 0.25) is 0 Å². The minimum atomic E-state index is -1.75. The first-order chi connectivity index (χ1) is 29.8. The number of hydrogen-bond donors (Lipinski definition) is 13. The number of nitrogens with zero attached hydrogens (tertiary/aromatic N) is 1. The highest BCUT2D eigenvalue weighted by atomic mass is 32.2. The molecule has 24 heteroatoms. The lowest BCUT2D eigenvalue weighted by molar-refractivity contribution is -0.144. The number of benzene rings is 1. The molecule has 344 valence electrons. The van der Waals surface area contributed by atoms with Crippen molar-refractivity contribution in [2.24, 2.45) is 17.6 Å². The van der Waals surface area contributed by atoms with E-state index in [9.17, 15) is 63.6 Å². The van der Waals surface area contributed by atoms with Crippen molar-refractivity contribution in [2.75, 3.05) is 32.0 Å². The zero-order valence-corrected chi connectivity index (χ0v) is 35.6. The van der Waals surface area contributed by atoms with E-state index in [0.717, 1.165) is 16.7 Å². The van der Waals surface area contributed by atoms with Gasteiger partial charge in [0.15, 0.2) is 0 Å². The summed E-state index contributed by atoms with van der Waals surface area (Å²) in [6, 6.07) is -4.88. The van der Waals surface area contributed by atoms with Gasteiger partial charge >= 0.3 is 0 Å². The van der Waals surface area contributed by atoms with Crippen molar-refractivity contribution < 1.29 is 63.6 Å². The number of fused-ring (bicyclic) bond motifs is 5. The van der Waals surface area contributed by atoms with Crippen LogP contribution in [-0.2, 0) is 49.6 Å². The maximum absolute atomic E-state index is 14.4. The second kappa shape index (κ2) is 20.9. The third-order valence-electron chi connectivity index (χ3n) is 11.4. The number of aromatic nitrogens is 1. The molecule has 63 heavy (non-hydrogen) atoms. The van der Waals surface area contributed by atoms with Crippen LogP contribution in [0.5, 0.6) is 5.75 Å². The Bertz CT molecular complexity index is 2120. The lowest BCUT2D eigenvalue weighted by Gasteiger charge is -2.32. The molecule has 4 heterocycles. The summed E-state index contributed by atoms with van der Waals surface area (Å²) in [5.74, 6) is -10.9. The van der Waals surface area contributed by atoms with E-state index in [1.807, 2.05) is 0 Å². The number of rotatable bonds is 7. The molecule has 5 rings (SSSR count). The van der Waals surface area contributed by atoms with Crippen LogP contribution in [0.1, 0.15) is 45.6 Å². The summed E-state index contributed by atoms with van der Waals surface area (Å²) in [5, 5.41) is 60.3. The lowest BCUT2D eigenvalue weighted by Crippen LogP contribution is -2.62. The Balaban J connectivity index is 1.71. The van der Waals surface area contributed by atoms with Crippen molar-refractivity contribution in [2.45, 2.75) is 99.9 Å². The van der Waals surface area contributed by atoms with Gasteiger partial charge in [0.1, 0.15) is 42.0 Å². The zero-order valence-electron chi connectivity index (χ0n) is 34.8. The van der Waals surface area contributed by atoms with E-state index >= 15 is 0 Å². The number of aromatic amines is 1. The molecule has 0 saturated carbocycles. The number of nitrogens with two attached hydrogens (primary N) is 1. The van der Waals surface area contributed by atoms with Crippen LogP contribution in [0.3, 0.4) is 0 Å². The summed E-state index contributed by atoms with van der Waals surface area (Å²) in [6.45, 7) is 2.03. The minimum Gasteiger partial charge on any atom is -0.507 e. The SMILES string of the molecule is CC[C@H](C)[C@@H]1NC(=O)CNC(=O)C2Cc3c([nH]c4cccc(O)c34)SCC(NC(=O)CNC1=O)C(=O)NC(CC(N)=O)C(=O)N1C[C@H](O)C[C@H]1C(=O)N[C@@H]([C@@H](C)[C@@H](O)CO)C(=O)N2. The van der Waals surface area contributed by atoms with Crippen molar-refractivity contribution in [3.05, 3.63) is 23.8 Å². The highest BCUT2D eigenvalue weighted by molar-refractivity contribution is 7.99. The van der Waals surface area contributed by atoms with Crippen LogP contribution in [0.4, 0.5) is 0 Å². The number of aromatic hydroxyl groups is 1. The van der Waals surface area contributed by atoms with Crippen molar-refractivity contribution >= 4 is 75.8 Å². The quantitative estimate of drug-likeness (QED) is 0.124. The molecule has 1 aromatic carbocycles. The monoisotopic (exact) mass is 902 g/mol. The number of primary amides is 1. The van der Waals surface area contributed by atoms with E-state index in [1.54, 1.807) is 19.9 Å². The molecule has 0 aliphatic carbocycles. The van der Waals surface area contributed by atoms with E-state index in [4.69, 9.17) is 5.73 Å². The lowest BCUT2D eigenvalue weighted by atomic mass is 9.93. The standard InChI is InChI=1S/C39H54N10O13S/c1-4-16(2)31-36(60)42-11-28(55)43-23-15-63-38-19(30-20(46-38)6-5-7-25(30)52)9-21(33(57)41-12-29(56)47-31)44-37(61)32(17(3)26(53)14-50)48-35(59)24-8-18(51)13-49(24)39(62)22(10-27(40)54)45-34(23)58/h5-7,16-18,21-24,26,31-32,46,50-53H,4,8-15H2,1-3H3,(H2,40,54)(H,41,57)(H,42,60)(H,43,55)(H,44,61)(H,45,58)(H,47,56)(H,48,59)/t16-,17-,18+,21?,22?,23?,24-,26-,31-,32-/m0/s1. The molecule has 14 N–H and O–H groups in total. The number of thioether (sulfide) groups is 1. The number of carbonyl (C=O) groups is 9. The van der Waals surface area contributed by atoms with Gasteiger partial charge in [0.25, 0.3) is 0 Å². The zero-order chi connectivity index (χ0) is 46.3. The molecule has 1 fully saturated rings. The highest BCUT2D eigenvalue weighted by Crippen LogP contribution is 2.36. The first kappa shape index (κ1) is 48.1. The molecule has 3 aliphatic rings. The van der Waals surface area contributed by atoms with Crippen LogP contribution in [0.25, 0.3) is 10.9 Å². The molecule has 2 aromatic rings. The molecule has 3 unspecified atom stereocenters. The van der Waals surface area contributed by atoms with Crippen LogP contribution in [0.15, 0.2) is 23.2 Å². The molecule has 1 saturated heterocycles.